The number of thiol groups is 1. The first kappa shape index (κ1) is 7.64. The van der Waals surface area contributed by atoms with Crippen LogP contribution < -0.4 is 0 Å². The minimum atomic E-state index is -0.0589. The first-order valence-corrected chi connectivity index (χ1v) is 4.03. The van der Waals surface area contributed by atoms with E-state index in [-0.39, 0.29) is 6.61 Å². The molecule has 0 aliphatic carbocycles. The molecule has 0 atom stereocenters. The van der Waals surface area contributed by atoms with Crippen LogP contribution in [-0.4, -0.2) is 15.1 Å². The molecule has 4 heteroatoms. The Labute approximate surface area is 74.9 Å². The van der Waals surface area contributed by atoms with Gasteiger partial charge in [-0.3, -0.25) is 0 Å². The van der Waals surface area contributed by atoms with Crippen LogP contribution in [0.1, 0.15) is 5.82 Å². The number of nitrogens with one attached hydrogen (secondary N) is 1. The highest BCUT2D eigenvalue weighted by molar-refractivity contribution is 7.80. The predicted molar refractivity (Wildman–Crippen MR) is 49.3 cm³/mol. The van der Waals surface area contributed by atoms with Crippen molar-refractivity contribution in [2.45, 2.75) is 11.5 Å². The molecule has 0 fully saturated rings. The van der Waals surface area contributed by atoms with E-state index >= 15 is 0 Å². The number of aliphatic hydroxyl groups is 1. The molecule has 0 aliphatic heterocycles. The molecule has 3 nitrogen and oxygen atoms in total. The third-order valence-corrected chi connectivity index (χ3v) is 1.94. The maximum absolute atomic E-state index is 8.80. The Morgan fingerprint density at radius 2 is 2.33 bits per heavy atom. The van der Waals surface area contributed by atoms with Crippen molar-refractivity contribution >= 4 is 23.7 Å². The molecule has 12 heavy (non-hydrogen) atoms. The first-order valence-electron chi connectivity index (χ1n) is 3.58. The lowest BCUT2D eigenvalue weighted by molar-refractivity contribution is 0.273. The fraction of sp³-hybridized carbons (Fsp3) is 0.125. The Bertz CT molecular complexity index is 410. The molecule has 62 valence electrons. The Balaban J connectivity index is 2.67. The van der Waals surface area contributed by atoms with Crippen LogP contribution >= 0.6 is 12.6 Å². The molecule has 1 aromatic heterocycles. The molecule has 0 saturated heterocycles. The lowest BCUT2D eigenvalue weighted by atomic mass is 10.3. The van der Waals surface area contributed by atoms with Gasteiger partial charge in [0.05, 0.1) is 11.0 Å². The molecule has 0 amide bonds. The van der Waals surface area contributed by atoms with E-state index in [9.17, 15) is 0 Å². The van der Waals surface area contributed by atoms with Gasteiger partial charge in [-0.2, -0.15) is 0 Å². The van der Waals surface area contributed by atoms with E-state index in [0.29, 0.717) is 5.82 Å². The number of rotatable bonds is 1. The fourth-order valence-electron chi connectivity index (χ4n) is 1.13. The van der Waals surface area contributed by atoms with Crippen molar-refractivity contribution in [1.82, 2.24) is 9.97 Å². The Kier molecular flexibility index (Phi) is 1.78. The molecule has 0 spiro atoms. The lowest BCUT2D eigenvalue weighted by Crippen LogP contribution is -1.83. The number of benzene rings is 1. The van der Waals surface area contributed by atoms with E-state index < -0.39 is 0 Å². The van der Waals surface area contributed by atoms with E-state index in [1.165, 1.54) is 0 Å². The largest absolute Gasteiger partial charge is 0.388 e. The van der Waals surface area contributed by atoms with Crippen LogP contribution in [0.4, 0.5) is 0 Å². The molecule has 0 radical (unpaired) electrons. The molecular weight excluding hydrogens is 172 g/mol. The highest BCUT2D eigenvalue weighted by atomic mass is 32.1. The molecule has 0 saturated carbocycles. The van der Waals surface area contributed by atoms with Crippen LogP contribution in [0.3, 0.4) is 0 Å². The molecule has 2 rings (SSSR count). The van der Waals surface area contributed by atoms with E-state index in [1.807, 2.05) is 18.2 Å². The van der Waals surface area contributed by atoms with Crippen LogP contribution in [0.25, 0.3) is 11.0 Å². The summed E-state index contributed by atoms with van der Waals surface area (Å²) in [5, 5.41) is 8.80. The van der Waals surface area contributed by atoms with Crippen LogP contribution in [0.15, 0.2) is 23.1 Å². The second-order valence-corrected chi connectivity index (χ2v) is 3.06. The zero-order chi connectivity index (χ0) is 8.55. The first-order chi connectivity index (χ1) is 5.79. The molecule has 1 heterocycles. The highest BCUT2D eigenvalue weighted by Gasteiger charge is 2.00. The van der Waals surface area contributed by atoms with Crippen LogP contribution in [0, 0.1) is 0 Å². The van der Waals surface area contributed by atoms with Gasteiger partial charge in [-0.05, 0) is 18.2 Å². The molecule has 0 aliphatic rings. The summed E-state index contributed by atoms with van der Waals surface area (Å²) in [6.07, 6.45) is 0. The number of H-pyrrole nitrogens is 1. The van der Waals surface area contributed by atoms with Gasteiger partial charge in [0.1, 0.15) is 12.4 Å². The second-order valence-electron chi connectivity index (χ2n) is 2.54. The third-order valence-electron chi connectivity index (χ3n) is 1.66. The maximum Gasteiger partial charge on any atom is 0.133 e. The van der Waals surface area contributed by atoms with Gasteiger partial charge in [0.2, 0.25) is 0 Å². The zero-order valence-electron chi connectivity index (χ0n) is 6.28. The van der Waals surface area contributed by atoms with Crippen molar-refractivity contribution in [3.8, 4) is 0 Å². The SMILES string of the molecule is OCc1nc2ccc(S)cc2[nH]1. The number of aromatic nitrogens is 2. The Morgan fingerprint density at radius 3 is 3.08 bits per heavy atom. The molecule has 0 unspecified atom stereocenters. The van der Waals surface area contributed by atoms with Crippen molar-refractivity contribution in [1.29, 1.82) is 0 Å². The number of hydrogen-bond donors (Lipinski definition) is 3. The number of nitrogens with zero attached hydrogens (tertiary/aromatic N) is 1. The van der Waals surface area contributed by atoms with Gasteiger partial charge in [0.25, 0.3) is 0 Å². The van der Waals surface area contributed by atoms with Gasteiger partial charge in [-0.1, -0.05) is 0 Å². The van der Waals surface area contributed by atoms with E-state index in [2.05, 4.69) is 22.6 Å². The minimum Gasteiger partial charge on any atom is -0.388 e. The van der Waals surface area contributed by atoms with Crippen LogP contribution in [0.5, 0.6) is 0 Å². The molecular formula is C8H8N2OS. The minimum absolute atomic E-state index is 0.0589. The summed E-state index contributed by atoms with van der Waals surface area (Å²) in [4.78, 5) is 7.99. The summed E-state index contributed by atoms with van der Waals surface area (Å²) < 4.78 is 0. The van der Waals surface area contributed by atoms with Gasteiger partial charge < -0.3 is 10.1 Å². The lowest BCUT2D eigenvalue weighted by Gasteiger charge is -1.88. The predicted octanol–water partition coefficient (Wildman–Crippen LogP) is 1.34. The fourth-order valence-corrected chi connectivity index (χ4v) is 1.33. The smallest absolute Gasteiger partial charge is 0.133 e. The molecule has 0 bridgehead atoms. The molecule has 2 N–H and O–H groups in total. The van der Waals surface area contributed by atoms with Gasteiger partial charge >= 0.3 is 0 Å². The summed E-state index contributed by atoms with van der Waals surface area (Å²) in [6.45, 7) is -0.0589. The Hall–Kier alpha value is -1.00. The second kappa shape index (κ2) is 2.80. The van der Waals surface area contributed by atoms with Crippen molar-refractivity contribution < 1.29 is 5.11 Å². The summed E-state index contributed by atoms with van der Waals surface area (Å²) in [5.41, 5.74) is 1.77. The topological polar surface area (TPSA) is 48.9 Å². The van der Waals surface area contributed by atoms with E-state index in [0.717, 1.165) is 15.9 Å². The quantitative estimate of drug-likeness (QED) is 0.580. The van der Waals surface area contributed by atoms with Crippen LogP contribution in [-0.2, 0) is 6.61 Å². The zero-order valence-corrected chi connectivity index (χ0v) is 7.18. The number of hydrogen-bond acceptors (Lipinski definition) is 3. The van der Waals surface area contributed by atoms with Gasteiger partial charge in [0, 0.05) is 4.90 Å². The normalized spacial score (nSPS) is 10.8. The summed E-state index contributed by atoms with van der Waals surface area (Å²) in [5.74, 6) is 0.587. The van der Waals surface area contributed by atoms with E-state index in [4.69, 9.17) is 5.11 Å². The maximum atomic E-state index is 8.80. The van der Waals surface area contributed by atoms with Gasteiger partial charge in [0.15, 0.2) is 0 Å². The van der Waals surface area contributed by atoms with Crippen LogP contribution in [0.2, 0.25) is 0 Å². The number of fused-ring (bicyclic) bond motifs is 1. The average Bonchev–Trinajstić information content (AvgIpc) is 2.46. The van der Waals surface area contributed by atoms with Crippen molar-refractivity contribution in [3.05, 3.63) is 24.0 Å². The Morgan fingerprint density at radius 1 is 1.50 bits per heavy atom. The van der Waals surface area contributed by atoms with E-state index in [1.54, 1.807) is 0 Å². The monoisotopic (exact) mass is 180 g/mol. The summed E-state index contributed by atoms with van der Waals surface area (Å²) in [6, 6.07) is 5.62. The third kappa shape index (κ3) is 1.19. The number of aromatic amines is 1. The van der Waals surface area contributed by atoms with Gasteiger partial charge in [-0.25, -0.2) is 4.98 Å². The van der Waals surface area contributed by atoms with Crippen molar-refractivity contribution in [3.63, 3.8) is 0 Å². The number of aliphatic hydroxyl groups excluding tert-OH is 1. The van der Waals surface area contributed by atoms with Crippen molar-refractivity contribution in [2.24, 2.45) is 0 Å². The standard InChI is InChI=1S/C8H8N2OS/c11-4-8-9-6-2-1-5(12)3-7(6)10-8/h1-3,11-12H,4H2,(H,9,10). The molecule has 1 aromatic carbocycles. The summed E-state index contributed by atoms with van der Waals surface area (Å²) >= 11 is 4.19. The highest BCUT2D eigenvalue weighted by Crippen LogP contribution is 2.15. The number of imidazole rings is 1. The summed E-state index contributed by atoms with van der Waals surface area (Å²) in [7, 11) is 0. The average molecular weight is 180 g/mol. The molecule has 2 aromatic rings. The van der Waals surface area contributed by atoms with Crippen molar-refractivity contribution in [2.75, 3.05) is 0 Å². The van der Waals surface area contributed by atoms with Gasteiger partial charge in [-0.15, -0.1) is 12.6 Å².